The van der Waals surface area contributed by atoms with Crippen molar-refractivity contribution in [3.8, 4) is 16.9 Å². The van der Waals surface area contributed by atoms with Crippen molar-refractivity contribution in [2.75, 3.05) is 13.2 Å². The molecule has 0 spiro atoms. The zero-order valence-electron chi connectivity index (χ0n) is 27.5. The van der Waals surface area contributed by atoms with E-state index in [9.17, 15) is 24.0 Å². The summed E-state index contributed by atoms with van der Waals surface area (Å²) in [5, 5.41) is 8.58. The van der Waals surface area contributed by atoms with E-state index in [1.165, 1.54) is 25.7 Å². The number of H-pyrrole nitrogens is 1. The van der Waals surface area contributed by atoms with Crippen LogP contribution >= 0.6 is 0 Å². The Balaban J connectivity index is 0.974. The van der Waals surface area contributed by atoms with Crippen molar-refractivity contribution < 1.29 is 33.4 Å². The summed E-state index contributed by atoms with van der Waals surface area (Å²) in [4.78, 5) is 69.4. The van der Waals surface area contributed by atoms with Crippen molar-refractivity contribution in [3.63, 3.8) is 0 Å². The van der Waals surface area contributed by atoms with Gasteiger partial charge in [0.2, 0.25) is 17.7 Å². The Bertz CT molecular complexity index is 1860. The molecule has 0 bridgehead atoms. The summed E-state index contributed by atoms with van der Waals surface area (Å²) in [5.41, 5.74) is 5.17. The number of alkyl carbamates (subject to hydrolysis) is 1. The third kappa shape index (κ3) is 6.99. The second-order valence-electron chi connectivity index (χ2n) is 12.5. The topological polar surface area (TPSA) is 159 Å². The maximum absolute atomic E-state index is 13.4. The molecule has 3 aromatic carbocycles. The quantitative estimate of drug-likeness (QED) is 0.186. The third-order valence-corrected chi connectivity index (χ3v) is 9.11. The summed E-state index contributed by atoms with van der Waals surface area (Å²) in [7, 11) is 0. The molecule has 12 heteroatoms. The Hall–Kier alpha value is -5.65. The van der Waals surface area contributed by atoms with Crippen molar-refractivity contribution in [2.45, 2.75) is 63.7 Å². The number of nitrogens with one attached hydrogen (secondary N) is 4. The van der Waals surface area contributed by atoms with Crippen LogP contribution in [0.3, 0.4) is 0 Å². The standard InChI is InChI=1S/C37H39N5O7/c1-21(41-37(47)48-20-29-26-13-6-4-11-24(26)25-12-5-7-14-27(25)29)33(43)39-22(2)35(45)42-18-10-17-31(42)34(44)40-23(3)36(46)49-32-19-38-30-16-9-8-15-28(30)32/h4-9,11-16,19,21-23,29,31,38H,10,17-18,20H2,1-3H3,(H,39,43)(H,40,44)(H,41,47)/t21-,22-,23-,31-/m0/s1. The van der Waals surface area contributed by atoms with Crippen LogP contribution in [0.5, 0.6) is 5.75 Å². The largest absolute Gasteiger partial charge is 0.449 e. The number of nitrogens with zero attached hydrogens (tertiary/aromatic N) is 1. The molecule has 4 amide bonds. The average molecular weight is 666 g/mol. The predicted octanol–water partition coefficient (Wildman–Crippen LogP) is 4.00. The van der Waals surface area contributed by atoms with E-state index in [1.54, 1.807) is 6.20 Å². The molecule has 1 fully saturated rings. The van der Waals surface area contributed by atoms with Crippen molar-refractivity contribution in [2.24, 2.45) is 0 Å². The highest BCUT2D eigenvalue weighted by Gasteiger charge is 2.38. The number of esters is 1. The van der Waals surface area contributed by atoms with Gasteiger partial charge in [0.05, 0.1) is 0 Å². The number of fused-ring (bicyclic) bond motifs is 4. The molecule has 1 saturated heterocycles. The number of para-hydroxylation sites is 1. The minimum Gasteiger partial charge on any atom is -0.449 e. The Labute approximate surface area is 283 Å². The molecule has 1 aromatic heterocycles. The van der Waals surface area contributed by atoms with Crippen LogP contribution in [0.1, 0.15) is 50.7 Å². The third-order valence-electron chi connectivity index (χ3n) is 9.11. The number of rotatable bonds is 10. The van der Waals surface area contributed by atoms with Gasteiger partial charge in [0.25, 0.3) is 0 Å². The van der Waals surface area contributed by atoms with Gasteiger partial charge in [-0.3, -0.25) is 14.4 Å². The molecule has 4 aromatic rings. The van der Waals surface area contributed by atoms with Crippen LogP contribution < -0.4 is 20.7 Å². The minimum absolute atomic E-state index is 0.0981. The Morgan fingerprint density at radius 1 is 0.816 bits per heavy atom. The van der Waals surface area contributed by atoms with Crippen LogP contribution in [0.4, 0.5) is 4.79 Å². The van der Waals surface area contributed by atoms with Gasteiger partial charge in [0.1, 0.15) is 30.8 Å². The lowest BCUT2D eigenvalue weighted by Crippen LogP contribution is -2.56. The zero-order valence-corrected chi connectivity index (χ0v) is 27.5. The molecule has 6 rings (SSSR count). The first-order chi connectivity index (χ1) is 23.6. The molecule has 0 saturated carbocycles. The molecule has 49 heavy (non-hydrogen) atoms. The van der Waals surface area contributed by atoms with Crippen LogP contribution in [-0.2, 0) is 23.9 Å². The van der Waals surface area contributed by atoms with E-state index in [-0.39, 0.29) is 12.5 Å². The Morgan fingerprint density at radius 3 is 2.18 bits per heavy atom. The maximum atomic E-state index is 13.4. The highest BCUT2D eigenvalue weighted by molar-refractivity contribution is 5.95. The molecule has 1 aliphatic carbocycles. The normalized spacial score (nSPS) is 17.0. The number of carbonyl (C=O) groups is 5. The number of ether oxygens (including phenoxy) is 2. The van der Waals surface area contributed by atoms with Gasteiger partial charge in [-0.25, -0.2) is 9.59 Å². The van der Waals surface area contributed by atoms with E-state index >= 15 is 0 Å². The molecule has 1 aliphatic heterocycles. The van der Waals surface area contributed by atoms with Crippen LogP contribution in [0.15, 0.2) is 79.0 Å². The number of hydrogen-bond donors (Lipinski definition) is 4. The molecule has 254 valence electrons. The van der Waals surface area contributed by atoms with E-state index in [1.807, 2.05) is 72.8 Å². The molecule has 4 N–H and O–H groups in total. The first-order valence-corrected chi connectivity index (χ1v) is 16.4. The molecule has 2 heterocycles. The van der Waals surface area contributed by atoms with Crippen molar-refractivity contribution in [1.82, 2.24) is 25.8 Å². The van der Waals surface area contributed by atoms with E-state index in [0.717, 1.165) is 33.2 Å². The monoisotopic (exact) mass is 665 g/mol. The Kier molecular flexibility index (Phi) is 9.65. The van der Waals surface area contributed by atoms with Gasteiger partial charge in [0.15, 0.2) is 5.75 Å². The fourth-order valence-corrected chi connectivity index (χ4v) is 6.53. The van der Waals surface area contributed by atoms with Gasteiger partial charge >= 0.3 is 12.1 Å². The first-order valence-electron chi connectivity index (χ1n) is 16.4. The summed E-state index contributed by atoms with van der Waals surface area (Å²) in [6.45, 7) is 4.95. The number of benzene rings is 3. The minimum atomic E-state index is -0.993. The maximum Gasteiger partial charge on any atom is 0.407 e. The number of aromatic amines is 1. The van der Waals surface area contributed by atoms with Crippen molar-refractivity contribution >= 4 is 40.7 Å². The van der Waals surface area contributed by atoms with E-state index in [0.29, 0.717) is 25.1 Å². The second-order valence-corrected chi connectivity index (χ2v) is 12.5. The fraction of sp³-hybridized carbons (Fsp3) is 0.324. The fourth-order valence-electron chi connectivity index (χ4n) is 6.53. The lowest BCUT2D eigenvalue weighted by Gasteiger charge is -2.28. The highest BCUT2D eigenvalue weighted by atomic mass is 16.5. The highest BCUT2D eigenvalue weighted by Crippen LogP contribution is 2.44. The van der Waals surface area contributed by atoms with Gasteiger partial charge in [0, 0.05) is 29.6 Å². The predicted molar refractivity (Wildman–Crippen MR) is 182 cm³/mol. The van der Waals surface area contributed by atoms with Crippen molar-refractivity contribution in [3.05, 3.63) is 90.1 Å². The molecule has 2 aliphatic rings. The van der Waals surface area contributed by atoms with E-state index in [2.05, 4.69) is 20.9 Å². The Morgan fingerprint density at radius 2 is 1.47 bits per heavy atom. The number of amides is 4. The van der Waals surface area contributed by atoms with Gasteiger partial charge < -0.3 is 35.3 Å². The van der Waals surface area contributed by atoms with Crippen LogP contribution in [-0.4, -0.2) is 77.0 Å². The van der Waals surface area contributed by atoms with Crippen LogP contribution in [0, 0.1) is 0 Å². The number of aromatic nitrogens is 1. The number of carbonyl (C=O) groups excluding carboxylic acids is 5. The number of likely N-dealkylation sites (tertiary alicyclic amines) is 1. The molecule has 12 nitrogen and oxygen atoms in total. The lowest BCUT2D eigenvalue weighted by molar-refractivity contribution is -0.143. The van der Waals surface area contributed by atoms with Gasteiger partial charge in [-0.15, -0.1) is 0 Å². The molecular formula is C37H39N5O7. The molecular weight excluding hydrogens is 626 g/mol. The summed E-state index contributed by atoms with van der Waals surface area (Å²) in [6, 6.07) is 19.6. The number of hydrogen-bond acceptors (Lipinski definition) is 7. The smallest absolute Gasteiger partial charge is 0.407 e. The second kappa shape index (κ2) is 14.2. The van der Waals surface area contributed by atoms with E-state index in [4.69, 9.17) is 9.47 Å². The lowest BCUT2D eigenvalue weighted by atomic mass is 9.98. The van der Waals surface area contributed by atoms with Crippen LogP contribution in [0.2, 0.25) is 0 Å². The summed E-state index contributed by atoms with van der Waals surface area (Å²) in [6.07, 6.45) is 1.82. The molecule has 0 radical (unpaired) electrons. The van der Waals surface area contributed by atoms with Gasteiger partial charge in [-0.1, -0.05) is 60.7 Å². The van der Waals surface area contributed by atoms with Crippen molar-refractivity contribution in [1.29, 1.82) is 0 Å². The summed E-state index contributed by atoms with van der Waals surface area (Å²) < 4.78 is 11.1. The van der Waals surface area contributed by atoms with Gasteiger partial charge in [-0.2, -0.15) is 0 Å². The first kappa shape index (κ1) is 33.3. The molecule has 4 atom stereocenters. The average Bonchev–Trinajstić information content (AvgIpc) is 3.83. The van der Waals surface area contributed by atoms with Crippen LogP contribution in [0.25, 0.3) is 22.0 Å². The SMILES string of the molecule is C[C@H](NC(=O)OCC1c2ccccc2-c2ccccc21)C(=O)N[C@@H](C)C(=O)N1CCC[C@H]1C(=O)N[C@@H](C)C(=O)Oc1c[nH]c2ccccc12. The van der Waals surface area contributed by atoms with E-state index < -0.39 is 54.0 Å². The summed E-state index contributed by atoms with van der Waals surface area (Å²) >= 11 is 0. The summed E-state index contributed by atoms with van der Waals surface area (Å²) in [5.74, 6) is -1.94. The zero-order chi connectivity index (χ0) is 34.7. The van der Waals surface area contributed by atoms with Gasteiger partial charge in [-0.05, 0) is 68.0 Å². The molecule has 0 unspecified atom stereocenters.